The molecule has 2 aliphatic rings. The Morgan fingerprint density at radius 1 is 1.18 bits per heavy atom. The molecule has 9 heteroatoms. The van der Waals surface area contributed by atoms with Crippen LogP contribution in [0.15, 0.2) is 30.5 Å². The Bertz CT molecular complexity index is 1020. The van der Waals surface area contributed by atoms with Gasteiger partial charge in [0.25, 0.3) is 5.91 Å². The number of amides is 1. The number of aliphatic hydroxyl groups is 2. The molecule has 2 heterocycles. The normalized spacial score (nSPS) is 23.6. The lowest BCUT2D eigenvalue weighted by atomic mass is 9.93. The fraction of sp³-hybridized carbons (Fsp3) is 0.560. The Hall–Kier alpha value is -2.78. The first-order chi connectivity index (χ1) is 16.1. The van der Waals surface area contributed by atoms with E-state index in [4.69, 9.17) is 0 Å². The molecule has 1 aromatic carbocycles. The van der Waals surface area contributed by atoms with Gasteiger partial charge in [-0.05, 0) is 70.2 Å². The molecule has 8 nitrogen and oxygen atoms in total. The van der Waals surface area contributed by atoms with Crippen LogP contribution in [-0.4, -0.2) is 63.9 Å². The van der Waals surface area contributed by atoms with Crippen molar-refractivity contribution in [3.63, 3.8) is 0 Å². The number of nitrogens with one attached hydrogen (secondary N) is 1. The number of aliphatic hydroxyl groups excluding tert-OH is 1. The van der Waals surface area contributed by atoms with Crippen LogP contribution >= 0.6 is 0 Å². The van der Waals surface area contributed by atoms with Gasteiger partial charge in [-0.15, -0.1) is 0 Å². The zero-order chi connectivity index (χ0) is 24.5. The lowest BCUT2D eigenvalue weighted by molar-refractivity contribution is 0.0782. The van der Waals surface area contributed by atoms with Crippen molar-refractivity contribution >= 4 is 17.5 Å². The number of aromatic nitrogens is 2. The highest BCUT2D eigenvalue weighted by atomic mass is 19.1. The van der Waals surface area contributed by atoms with Crippen molar-refractivity contribution in [3.8, 4) is 0 Å². The van der Waals surface area contributed by atoms with Gasteiger partial charge in [0.2, 0.25) is 5.95 Å². The quantitative estimate of drug-likeness (QED) is 0.616. The van der Waals surface area contributed by atoms with Crippen LogP contribution in [0.4, 0.5) is 16.0 Å². The van der Waals surface area contributed by atoms with Crippen LogP contribution in [0.2, 0.25) is 0 Å². The number of anilines is 2. The first-order valence-electron chi connectivity index (χ1n) is 12.0. The molecule has 184 valence electrons. The molecular formula is C25H34FN5O3. The summed E-state index contributed by atoms with van der Waals surface area (Å²) in [5.41, 5.74) is 0.261. The summed E-state index contributed by atoms with van der Waals surface area (Å²) in [7, 11) is 0. The summed E-state index contributed by atoms with van der Waals surface area (Å²) in [6.45, 7) is 7.03. The summed E-state index contributed by atoms with van der Waals surface area (Å²) in [6, 6.07) is 6.53. The monoisotopic (exact) mass is 471 g/mol. The minimum Gasteiger partial charge on any atom is -0.393 e. The Morgan fingerprint density at radius 2 is 1.91 bits per heavy atom. The van der Waals surface area contributed by atoms with E-state index in [0.717, 1.165) is 12.8 Å². The van der Waals surface area contributed by atoms with E-state index in [2.05, 4.69) is 15.3 Å². The number of hydrogen-bond donors (Lipinski definition) is 3. The van der Waals surface area contributed by atoms with Crippen molar-refractivity contribution in [2.45, 2.75) is 70.2 Å². The summed E-state index contributed by atoms with van der Waals surface area (Å²) in [6.07, 6.45) is 4.24. The molecule has 4 rings (SSSR count). The molecule has 34 heavy (non-hydrogen) atoms. The first kappa shape index (κ1) is 24.3. The van der Waals surface area contributed by atoms with Crippen LogP contribution in [0.5, 0.6) is 0 Å². The molecule has 0 unspecified atom stereocenters. The molecule has 0 bridgehead atoms. The Kier molecular flexibility index (Phi) is 7.04. The Balaban J connectivity index is 1.41. The highest BCUT2D eigenvalue weighted by Crippen LogP contribution is 2.28. The van der Waals surface area contributed by atoms with Crippen LogP contribution in [0.1, 0.15) is 62.5 Å². The van der Waals surface area contributed by atoms with Crippen molar-refractivity contribution in [3.05, 3.63) is 47.5 Å². The molecule has 1 saturated carbocycles. The van der Waals surface area contributed by atoms with Crippen molar-refractivity contribution in [1.29, 1.82) is 0 Å². The zero-order valence-electron chi connectivity index (χ0n) is 20.0. The van der Waals surface area contributed by atoms with E-state index < -0.39 is 5.60 Å². The summed E-state index contributed by atoms with van der Waals surface area (Å²) in [5.74, 6) is -0.104. The van der Waals surface area contributed by atoms with Gasteiger partial charge in [-0.3, -0.25) is 4.79 Å². The molecule has 0 spiro atoms. The second-order valence-corrected chi connectivity index (χ2v) is 9.93. The number of nitrogens with zero attached hydrogens (tertiary/aromatic N) is 4. The molecular weight excluding hydrogens is 437 g/mol. The van der Waals surface area contributed by atoms with Crippen molar-refractivity contribution in [2.75, 3.05) is 29.4 Å². The molecule has 1 amide bonds. The Labute approximate surface area is 199 Å². The first-order valence-corrected chi connectivity index (χ1v) is 12.0. The van der Waals surface area contributed by atoms with Gasteiger partial charge in [-0.25, -0.2) is 14.4 Å². The minimum atomic E-state index is -1.10. The van der Waals surface area contributed by atoms with Crippen molar-refractivity contribution in [1.82, 2.24) is 15.3 Å². The maximum Gasteiger partial charge on any atom is 0.270 e. The molecule has 1 aromatic heterocycles. The van der Waals surface area contributed by atoms with E-state index in [1.807, 2.05) is 16.7 Å². The highest BCUT2D eigenvalue weighted by Gasteiger charge is 2.29. The molecule has 2 aromatic rings. The molecule has 2 fully saturated rings. The molecule has 3 N–H and O–H groups in total. The maximum absolute atomic E-state index is 14.8. The average molecular weight is 472 g/mol. The van der Waals surface area contributed by atoms with Crippen LogP contribution in [-0.2, 0) is 5.60 Å². The number of carbonyl (C=O) groups is 1. The third-order valence-corrected chi connectivity index (χ3v) is 6.79. The van der Waals surface area contributed by atoms with Crippen LogP contribution in [0.25, 0.3) is 0 Å². The van der Waals surface area contributed by atoms with E-state index in [1.54, 1.807) is 38.2 Å². The van der Waals surface area contributed by atoms with E-state index in [9.17, 15) is 19.4 Å². The largest absolute Gasteiger partial charge is 0.393 e. The van der Waals surface area contributed by atoms with Gasteiger partial charge in [0, 0.05) is 37.9 Å². The van der Waals surface area contributed by atoms with Gasteiger partial charge in [-0.2, -0.15) is 0 Å². The fourth-order valence-electron chi connectivity index (χ4n) is 4.71. The second kappa shape index (κ2) is 9.84. The predicted molar refractivity (Wildman–Crippen MR) is 128 cm³/mol. The van der Waals surface area contributed by atoms with Gasteiger partial charge in [0.05, 0.1) is 17.4 Å². The van der Waals surface area contributed by atoms with Gasteiger partial charge in [-0.1, -0.05) is 6.07 Å². The lowest BCUT2D eigenvalue weighted by Crippen LogP contribution is -2.53. The number of rotatable bonds is 5. The van der Waals surface area contributed by atoms with Gasteiger partial charge in [0.15, 0.2) is 0 Å². The number of hydrogen-bond acceptors (Lipinski definition) is 7. The van der Waals surface area contributed by atoms with Crippen molar-refractivity contribution in [2.24, 2.45) is 0 Å². The standard InChI is InChI=1S/C25H34FN5O3/c1-16-15-30(22-9-4-17(14-20(22)26)25(2,3)34)12-13-31(16)24-27-11-10-21(29-24)23(33)28-18-5-7-19(32)8-6-18/h4,9-11,14,16,18-19,32,34H,5-8,12-13,15H2,1-3H3,(H,28,33)/t16-,18-,19-/m1/s1. The number of halogens is 1. The summed E-state index contributed by atoms with van der Waals surface area (Å²) in [4.78, 5) is 25.7. The van der Waals surface area contributed by atoms with Crippen molar-refractivity contribution < 1.29 is 19.4 Å². The zero-order valence-corrected chi connectivity index (χ0v) is 20.0. The molecule has 0 radical (unpaired) electrons. The smallest absolute Gasteiger partial charge is 0.270 e. The highest BCUT2D eigenvalue weighted by molar-refractivity contribution is 5.92. The van der Waals surface area contributed by atoms with Crippen LogP contribution < -0.4 is 15.1 Å². The topological polar surface area (TPSA) is 102 Å². The number of carbonyl (C=O) groups excluding carboxylic acids is 1. The summed E-state index contributed by atoms with van der Waals surface area (Å²) < 4.78 is 14.8. The lowest BCUT2D eigenvalue weighted by Gasteiger charge is -2.41. The molecule has 1 aliphatic heterocycles. The second-order valence-electron chi connectivity index (χ2n) is 9.93. The number of piperazine rings is 1. The Morgan fingerprint density at radius 3 is 2.56 bits per heavy atom. The summed E-state index contributed by atoms with van der Waals surface area (Å²) in [5, 5.41) is 22.8. The summed E-state index contributed by atoms with van der Waals surface area (Å²) >= 11 is 0. The third kappa shape index (κ3) is 5.47. The van der Waals surface area contributed by atoms with Gasteiger partial charge >= 0.3 is 0 Å². The minimum absolute atomic E-state index is 0.000234. The van der Waals surface area contributed by atoms with E-state index in [1.165, 1.54) is 6.07 Å². The predicted octanol–water partition coefficient (Wildman–Crippen LogP) is 2.59. The maximum atomic E-state index is 14.8. The van der Waals surface area contributed by atoms with Gasteiger partial charge < -0.3 is 25.3 Å². The fourth-order valence-corrected chi connectivity index (χ4v) is 4.71. The van der Waals surface area contributed by atoms with Gasteiger partial charge in [0.1, 0.15) is 11.5 Å². The van der Waals surface area contributed by atoms with Crippen LogP contribution in [0, 0.1) is 5.82 Å². The molecule has 1 saturated heterocycles. The molecule has 1 atom stereocenters. The van der Waals surface area contributed by atoms with E-state index in [-0.39, 0.29) is 29.9 Å². The number of benzene rings is 1. The van der Waals surface area contributed by atoms with E-state index in [0.29, 0.717) is 55.4 Å². The molecule has 1 aliphatic carbocycles. The van der Waals surface area contributed by atoms with Crippen LogP contribution in [0.3, 0.4) is 0 Å². The van der Waals surface area contributed by atoms with E-state index >= 15 is 0 Å². The third-order valence-electron chi connectivity index (χ3n) is 6.79. The average Bonchev–Trinajstić information content (AvgIpc) is 2.80. The SMILES string of the molecule is C[C@@H]1CN(c2ccc(C(C)(C)O)cc2F)CCN1c1nccc(C(=O)N[C@H]2CC[C@H](O)CC2)n1.